The van der Waals surface area contributed by atoms with Gasteiger partial charge in [0.05, 0.1) is 25.7 Å². The first-order valence-electron chi connectivity index (χ1n) is 11.6. The van der Waals surface area contributed by atoms with Crippen LogP contribution in [0.1, 0.15) is 12.0 Å². The standard InChI is InChI=1S/C28H27N3O6/c1-35-25-16-21-23(17-26(25)36-14-12-22(29)28(33)34)30-13-11-24(21)37-20-9-7-18(8-10-20)15-27(32)31-19-5-3-2-4-6-19/h2-11,13,16-17,22H,12,14-15,29H2,1H3,(H,31,32)(H,33,34)/t22-/m0/s1. The molecule has 1 heterocycles. The van der Waals surface area contributed by atoms with Gasteiger partial charge in [-0.25, -0.2) is 0 Å². The molecule has 37 heavy (non-hydrogen) atoms. The number of rotatable bonds is 11. The third-order valence-corrected chi connectivity index (χ3v) is 5.56. The van der Waals surface area contributed by atoms with E-state index in [0.717, 1.165) is 11.3 Å². The average Bonchev–Trinajstić information content (AvgIpc) is 2.90. The summed E-state index contributed by atoms with van der Waals surface area (Å²) in [5.74, 6) is 0.861. The van der Waals surface area contributed by atoms with E-state index in [1.54, 1.807) is 36.5 Å². The second kappa shape index (κ2) is 11.9. The number of para-hydroxylation sites is 1. The lowest BCUT2D eigenvalue weighted by atomic mass is 10.1. The van der Waals surface area contributed by atoms with Crippen molar-refractivity contribution in [1.29, 1.82) is 0 Å². The highest BCUT2D eigenvalue weighted by atomic mass is 16.5. The topological polar surface area (TPSA) is 133 Å². The Balaban J connectivity index is 1.45. The number of aromatic nitrogens is 1. The molecular formula is C28H27N3O6. The largest absolute Gasteiger partial charge is 0.493 e. The Morgan fingerprint density at radius 2 is 1.76 bits per heavy atom. The molecule has 0 aliphatic carbocycles. The third-order valence-electron chi connectivity index (χ3n) is 5.56. The number of nitrogens with two attached hydrogens (primary N) is 1. The highest BCUT2D eigenvalue weighted by molar-refractivity contribution is 5.92. The van der Waals surface area contributed by atoms with Crippen LogP contribution in [0.15, 0.2) is 79.0 Å². The maximum Gasteiger partial charge on any atom is 0.320 e. The number of hydrogen-bond acceptors (Lipinski definition) is 7. The fraction of sp³-hybridized carbons (Fsp3) is 0.179. The van der Waals surface area contributed by atoms with Gasteiger partial charge in [-0.05, 0) is 42.0 Å². The first-order chi connectivity index (χ1) is 17.9. The Hall–Kier alpha value is -4.63. The van der Waals surface area contributed by atoms with Crippen LogP contribution in [0.3, 0.4) is 0 Å². The van der Waals surface area contributed by atoms with Crippen LogP contribution in [0.4, 0.5) is 5.69 Å². The van der Waals surface area contributed by atoms with Gasteiger partial charge in [-0.2, -0.15) is 0 Å². The van der Waals surface area contributed by atoms with Crippen molar-refractivity contribution >= 4 is 28.5 Å². The van der Waals surface area contributed by atoms with Gasteiger partial charge in [0, 0.05) is 29.8 Å². The number of carboxylic acids is 1. The minimum atomic E-state index is -1.08. The van der Waals surface area contributed by atoms with E-state index < -0.39 is 12.0 Å². The number of carbonyl (C=O) groups excluding carboxylic acids is 1. The third kappa shape index (κ3) is 6.74. The number of nitrogens with zero attached hydrogens (tertiary/aromatic N) is 1. The number of ether oxygens (including phenoxy) is 3. The van der Waals surface area contributed by atoms with Gasteiger partial charge in [0.25, 0.3) is 0 Å². The molecule has 0 saturated heterocycles. The monoisotopic (exact) mass is 501 g/mol. The van der Waals surface area contributed by atoms with E-state index in [9.17, 15) is 9.59 Å². The molecule has 4 aromatic rings. The van der Waals surface area contributed by atoms with E-state index in [-0.39, 0.29) is 25.4 Å². The van der Waals surface area contributed by atoms with Crippen LogP contribution in [0.5, 0.6) is 23.0 Å². The SMILES string of the molecule is COc1cc2c(Oc3ccc(CC(=O)Nc4ccccc4)cc3)ccnc2cc1OCC[C@H](N)C(=O)O. The van der Waals surface area contributed by atoms with E-state index in [0.29, 0.717) is 33.9 Å². The highest BCUT2D eigenvalue weighted by Crippen LogP contribution is 2.37. The van der Waals surface area contributed by atoms with Gasteiger partial charge in [-0.1, -0.05) is 30.3 Å². The number of hydrogen-bond donors (Lipinski definition) is 3. The van der Waals surface area contributed by atoms with Crippen molar-refractivity contribution in [2.45, 2.75) is 18.9 Å². The lowest BCUT2D eigenvalue weighted by Gasteiger charge is -2.14. The Kier molecular flexibility index (Phi) is 8.17. The molecule has 1 amide bonds. The van der Waals surface area contributed by atoms with Crippen molar-refractivity contribution in [2.75, 3.05) is 19.0 Å². The van der Waals surface area contributed by atoms with Crippen LogP contribution in [0.25, 0.3) is 10.9 Å². The van der Waals surface area contributed by atoms with Crippen molar-refractivity contribution in [2.24, 2.45) is 5.73 Å². The summed E-state index contributed by atoms with van der Waals surface area (Å²) in [6.45, 7) is 0.112. The molecule has 190 valence electrons. The molecule has 4 N–H and O–H groups in total. The summed E-state index contributed by atoms with van der Waals surface area (Å²) in [4.78, 5) is 27.6. The molecule has 0 unspecified atom stereocenters. The van der Waals surface area contributed by atoms with E-state index in [4.69, 9.17) is 25.1 Å². The number of nitrogens with one attached hydrogen (secondary N) is 1. The molecule has 0 fully saturated rings. The molecule has 0 spiro atoms. The van der Waals surface area contributed by atoms with Crippen molar-refractivity contribution in [3.63, 3.8) is 0 Å². The predicted octanol–water partition coefficient (Wildman–Crippen LogP) is 4.40. The summed E-state index contributed by atoms with van der Waals surface area (Å²) < 4.78 is 17.3. The molecule has 0 saturated carbocycles. The second-order valence-corrected chi connectivity index (χ2v) is 8.25. The maximum absolute atomic E-state index is 12.3. The smallest absolute Gasteiger partial charge is 0.320 e. The molecule has 9 nitrogen and oxygen atoms in total. The van der Waals surface area contributed by atoms with Crippen LogP contribution in [-0.2, 0) is 16.0 Å². The van der Waals surface area contributed by atoms with E-state index in [2.05, 4.69) is 10.3 Å². The summed E-state index contributed by atoms with van der Waals surface area (Å²) in [6.07, 6.45) is 2.01. The normalized spacial score (nSPS) is 11.5. The number of benzene rings is 3. The van der Waals surface area contributed by atoms with Crippen molar-refractivity contribution in [1.82, 2.24) is 4.98 Å². The molecule has 4 rings (SSSR count). The summed E-state index contributed by atoms with van der Waals surface area (Å²) >= 11 is 0. The Morgan fingerprint density at radius 3 is 2.46 bits per heavy atom. The Morgan fingerprint density at radius 1 is 1.00 bits per heavy atom. The molecule has 0 bridgehead atoms. The quantitative estimate of drug-likeness (QED) is 0.275. The Labute approximate surface area is 213 Å². The first kappa shape index (κ1) is 25.5. The number of aliphatic carboxylic acids is 1. The minimum Gasteiger partial charge on any atom is -0.493 e. The summed E-state index contributed by atoms with van der Waals surface area (Å²) in [5, 5.41) is 12.5. The number of amides is 1. The van der Waals surface area contributed by atoms with Gasteiger partial charge < -0.3 is 30.4 Å². The summed E-state index contributed by atoms with van der Waals surface area (Å²) in [5.41, 5.74) is 7.76. The number of carbonyl (C=O) groups is 2. The van der Waals surface area contributed by atoms with E-state index in [1.807, 2.05) is 42.5 Å². The summed E-state index contributed by atoms with van der Waals surface area (Å²) in [7, 11) is 1.51. The van der Waals surface area contributed by atoms with Gasteiger partial charge >= 0.3 is 5.97 Å². The Bertz CT molecular complexity index is 1380. The average molecular weight is 502 g/mol. The van der Waals surface area contributed by atoms with Crippen molar-refractivity contribution in [3.05, 3.63) is 84.6 Å². The second-order valence-electron chi connectivity index (χ2n) is 8.25. The van der Waals surface area contributed by atoms with E-state index >= 15 is 0 Å². The molecule has 0 aliphatic heterocycles. The minimum absolute atomic E-state index is 0.102. The lowest BCUT2D eigenvalue weighted by molar-refractivity contribution is -0.138. The fourth-order valence-corrected chi connectivity index (χ4v) is 3.62. The van der Waals surface area contributed by atoms with Crippen LogP contribution >= 0.6 is 0 Å². The lowest BCUT2D eigenvalue weighted by Crippen LogP contribution is -2.31. The van der Waals surface area contributed by atoms with Crippen molar-refractivity contribution in [3.8, 4) is 23.0 Å². The van der Waals surface area contributed by atoms with E-state index in [1.165, 1.54) is 7.11 Å². The summed E-state index contributed by atoms with van der Waals surface area (Å²) in [6, 6.07) is 20.8. The molecule has 0 radical (unpaired) electrons. The number of carboxylic acid groups (broad SMARTS) is 1. The zero-order chi connectivity index (χ0) is 26.2. The van der Waals surface area contributed by atoms with Crippen LogP contribution < -0.4 is 25.3 Å². The van der Waals surface area contributed by atoms with Gasteiger partial charge in [-0.15, -0.1) is 0 Å². The molecule has 3 aromatic carbocycles. The number of methoxy groups -OCH3 is 1. The van der Waals surface area contributed by atoms with Gasteiger partial charge in [0.15, 0.2) is 11.5 Å². The molecular weight excluding hydrogens is 474 g/mol. The first-order valence-corrected chi connectivity index (χ1v) is 11.6. The predicted molar refractivity (Wildman–Crippen MR) is 139 cm³/mol. The number of anilines is 1. The zero-order valence-electron chi connectivity index (χ0n) is 20.2. The zero-order valence-corrected chi connectivity index (χ0v) is 20.2. The fourth-order valence-electron chi connectivity index (χ4n) is 3.62. The molecule has 0 aliphatic rings. The van der Waals surface area contributed by atoms with Gasteiger partial charge in [-0.3, -0.25) is 14.6 Å². The number of fused-ring (bicyclic) bond motifs is 1. The van der Waals surface area contributed by atoms with Crippen LogP contribution in [0.2, 0.25) is 0 Å². The molecule has 1 atom stereocenters. The molecule has 1 aromatic heterocycles. The molecule has 9 heteroatoms. The maximum atomic E-state index is 12.3. The van der Waals surface area contributed by atoms with Crippen LogP contribution in [0, 0.1) is 0 Å². The van der Waals surface area contributed by atoms with Crippen molar-refractivity contribution < 1.29 is 28.9 Å². The van der Waals surface area contributed by atoms with Crippen LogP contribution in [-0.4, -0.2) is 41.7 Å². The van der Waals surface area contributed by atoms with Gasteiger partial charge in [0.2, 0.25) is 5.91 Å². The van der Waals surface area contributed by atoms with Gasteiger partial charge in [0.1, 0.15) is 17.5 Å². The highest BCUT2D eigenvalue weighted by Gasteiger charge is 2.15. The number of pyridine rings is 1.